The predicted octanol–water partition coefficient (Wildman–Crippen LogP) is 3.53. The molecule has 0 aliphatic heterocycles. The summed E-state index contributed by atoms with van der Waals surface area (Å²) in [6.45, 7) is 0. The van der Waals surface area contributed by atoms with Gasteiger partial charge in [0.05, 0.1) is 0 Å². The van der Waals surface area contributed by atoms with Gasteiger partial charge in [0.15, 0.2) is 0 Å². The molecule has 0 aliphatic rings. The molecule has 0 aromatic heterocycles. The van der Waals surface area contributed by atoms with Crippen LogP contribution in [0.3, 0.4) is 0 Å². The third-order valence-corrected chi connectivity index (χ3v) is 1.18. The highest BCUT2D eigenvalue weighted by Gasteiger charge is 2.60. The Morgan fingerprint density at radius 1 is 0.917 bits per heavy atom. The maximum absolute atomic E-state index is 12.0. The van der Waals surface area contributed by atoms with Crippen molar-refractivity contribution in [2.45, 2.75) is 11.3 Å². The van der Waals surface area contributed by atoms with Gasteiger partial charge in [0, 0.05) is 0 Å². The lowest BCUT2D eigenvalue weighted by Gasteiger charge is -2.17. The maximum atomic E-state index is 12.0. The van der Waals surface area contributed by atoms with Crippen molar-refractivity contribution in [3.8, 4) is 0 Å². The molecule has 0 rings (SSSR count). The van der Waals surface area contributed by atoms with Crippen LogP contribution in [0, 0.1) is 0 Å². The van der Waals surface area contributed by atoms with E-state index in [1.165, 1.54) is 0 Å². The summed E-state index contributed by atoms with van der Waals surface area (Å²) in [5.41, 5.74) is 0. The molecule has 0 saturated carbocycles. The third-order valence-electron chi connectivity index (χ3n) is 0.798. The quantitative estimate of drug-likeness (QED) is 0.465. The molecule has 0 saturated heterocycles. The molecular weight excluding hydrogens is 216 g/mol. The van der Waals surface area contributed by atoms with E-state index < -0.39 is 23.2 Å². The Kier molecular flexibility index (Phi) is 3.00. The predicted molar refractivity (Wildman–Crippen MR) is 26.1 cm³/mol. The first-order valence-corrected chi connectivity index (χ1v) is 2.64. The molecule has 0 heterocycles. The van der Waals surface area contributed by atoms with Crippen molar-refractivity contribution in [1.82, 2.24) is 0 Å². The molecule has 72 valence electrons. The van der Waals surface area contributed by atoms with E-state index in [-0.39, 0.29) is 0 Å². The first-order valence-electron chi connectivity index (χ1n) is 2.26. The highest BCUT2D eigenvalue weighted by atomic mass is 35.5. The van der Waals surface area contributed by atoms with Gasteiger partial charge in [0.25, 0.3) is 0 Å². The maximum Gasteiger partial charge on any atom is 0.444 e. The molecule has 12 heavy (non-hydrogen) atoms. The van der Waals surface area contributed by atoms with Crippen LogP contribution in [-0.2, 0) is 0 Å². The summed E-state index contributed by atoms with van der Waals surface area (Å²) in [7, 11) is 0. The van der Waals surface area contributed by atoms with Crippen molar-refractivity contribution in [1.29, 1.82) is 0 Å². The zero-order valence-electron chi connectivity index (χ0n) is 5.02. The van der Waals surface area contributed by atoms with Gasteiger partial charge in [0.2, 0.25) is 5.83 Å². The smallest absolute Gasteiger partial charge is 0.208 e. The SMILES string of the molecule is FC(F)=C(F)C(F)(Cl)C(F)(F)F. The number of hydrogen-bond acceptors (Lipinski definition) is 0. The van der Waals surface area contributed by atoms with E-state index in [2.05, 4.69) is 11.6 Å². The summed E-state index contributed by atoms with van der Waals surface area (Å²) in [6.07, 6.45) is -9.35. The zero-order valence-corrected chi connectivity index (χ0v) is 5.78. The minimum atomic E-state index is -5.91. The molecule has 1 atom stereocenters. The van der Waals surface area contributed by atoms with Crippen molar-refractivity contribution in [3.63, 3.8) is 0 Å². The van der Waals surface area contributed by atoms with Crippen molar-refractivity contribution in [2.75, 3.05) is 0 Å². The van der Waals surface area contributed by atoms with Crippen LogP contribution in [0.15, 0.2) is 11.9 Å². The number of halogens is 8. The highest BCUT2D eigenvalue weighted by Crippen LogP contribution is 2.45. The Morgan fingerprint density at radius 2 is 1.25 bits per heavy atom. The average molecular weight is 216 g/mol. The molecule has 0 bridgehead atoms. The summed E-state index contributed by atoms with van der Waals surface area (Å²) in [5, 5.41) is -5.15. The minimum absolute atomic E-state index is 3.34. The fraction of sp³-hybridized carbons (Fsp3) is 0.500. The molecule has 0 N–H and O–H groups in total. The van der Waals surface area contributed by atoms with Gasteiger partial charge in [0.1, 0.15) is 0 Å². The van der Waals surface area contributed by atoms with Gasteiger partial charge in [-0.15, -0.1) is 0 Å². The normalized spacial score (nSPS) is 17.0. The van der Waals surface area contributed by atoms with Gasteiger partial charge in [-0.2, -0.15) is 22.0 Å². The Balaban J connectivity index is 5.01. The van der Waals surface area contributed by atoms with E-state index in [1.54, 1.807) is 0 Å². The summed E-state index contributed by atoms with van der Waals surface area (Å²) in [4.78, 5) is 0. The van der Waals surface area contributed by atoms with Crippen LogP contribution in [0.1, 0.15) is 0 Å². The standard InChI is InChI=1S/C4ClF7/c5-3(9,4(10,11)12)1(6)2(7)8. The largest absolute Gasteiger partial charge is 0.444 e. The molecule has 8 heteroatoms. The van der Waals surface area contributed by atoms with Gasteiger partial charge in [-0.1, -0.05) is 11.6 Å². The van der Waals surface area contributed by atoms with Gasteiger partial charge < -0.3 is 0 Å². The third kappa shape index (κ3) is 2.02. The summed E-state index contributed by atoms with van der Waals surface area (Å²) < 4.78 is 79.9. The lowest BCUT2D eigenvalue weighted by Crippen LogP contribution is -2.36. The number of allylic oxidation sites excluding steroid dienone is 1. The lowest BCUT2D eigenvalue weighted by molar-refractivity contribution is -0.191. The molecule has 0 radical (unpaired) electrons. The molecule has 1 unspecified atom stereocenters. The number of alkyl halides is 5. The van der Waals surface area contributed by atoms with Crippen molar-refractivity contribution in [2.24, 2.45) is 0 Å². The van der Waals surface area contributed by atoms with Crippen LogP contribution < -0.4 is 0 Å². The van der Waals surface area contributed by atoms with Crippen LogP contribution >= 0.6 is 11.6 Å². The van der Waals surface area contributed by atoms with Gasteiger partial charge >= 0.3 is 17.4 Å². The van der Waals surface area contributed by atoms with Crippen LogP contribution in [0.2, 0.25) is 0 Å². The van der Waals surface area contributed by atoms with E-state index in [1.807, 2.05) is 0 Å². The first kappa shape index (κ1) is 11.5. The molecule has 0 fully saturated rings. The van der Waals surface area contributed by atoms with Crippen molar-refractivity contribution < 1.29 is 30.7 Å². The molecule has 0 spiro atoms. The Morgan fingerprint density at radius 3 is 1.33 bits per heavy atom. The second-order valence-electron chi connectivity index (χ2n) is 1.65. The Labute approximate surface area is 66.6 Å². The van der Waals surface area contributed by atoms with Crippen LogP contribution in [-0.4, -0.2) is 11.3 Å². The van der Waals surface area contributed by atoms with Crippen LogP contribution in [0.4, 0.5) is 30.7 Å². The Bertz CT molecular complexity index is 198. The topological polar surface area (TPSA) is 0 Å². The van der Waals surface area contributed by atoms with Gasteiger partial charge in [-0.05, 0) is 0 Å². The number of hydrogen-bond donors (Lipinski definition) is 0. The second kappa shape index (κ2) is 3.12. The molecule has 0 aromatic rings. The summed E-state index contributed by atoms with van der Waals surface area (Å²) in [6, 6.07) is 0. The fourth-order valence-electron chi connectivity index (χ4n) is 0.243. The fourth-order valence-corrected chi connectivity index (χ4v) is 0.315. The van der Waals surface area contributed by atoms with E-state index >= 15 is 0 Å². The summed E-state index contributed by atoms with van der Waals surface area (Å²) >= 11 is 3.85. The monoisotopic (exact) mass is 216 g/mol. The second-order valence-corrected chi connectivity index (χ2v) is 2.17. The lowest BCUT2D eigenvalue weighted by atomic mass is 10.3. The first-order chi connectivity index (χ1) is 5.10. The molecule has 0 aromatic carbocycles. The average Bonchev–Trinajstić information content (AvgIpc) is 1.83. The number of rotatable bonds is 1. The van der Waals surface area contributed by atoms with Gasteiger partial charge in [-0.25, -0.2) is 8.78 Å². The minimum Gasteiger partial charge on any atom is -0.208 e. The van der Waals surface area contributed by atoms with E-state index in [9.17, 15) is 30.7 Å². The van der Waals surface area contributed by atoms with Crippen LogP contribution in [0.5, 0.6) is 0 Å². The van der Waals surface area contributed by atoms with Crippen LogP contribution in [0.25, 0.3) is 0 Å². The highest BCUT2D eigenvalue weighted by molar-refractivity contribution is 6.25. The molecule has 0 amide bonds. The Hall–Kier alpha value is -0.460. The molecular formula is C4ClF7. The van der Waals surface area contributed by atoms with E-state index in [4.69, 9.17) is 0 Å². The zero-order chi connectivity index (χ0) is 10.2. The van der Waals surface area contributed by atoms with E-state index in [0.29, 0.717) is 0 Å². The summed E-state index contributed by atoms with van der Waals surface area (Å²) in [5.74, 6) is -3.34. The van der Waals surface area contributed by atoms with Gasteiger partial charge in [-0.3, -0.25) is 0 Å². The van der Waals surface area contributed by atoms with Crippen molar-refractivity contribution in [3.05, 3.63) is 11.9 Å². The molecule has 0 nitrogen and oxygen atoms in total. The van der Waals surface area contributed by atoms with E-state index in [0.717, 1.165) is 0 Å². The van der Waals surface area contributed by atoms with Crippen molar-refractivity contribution >= 4 is 11.6 Å². The molecule has 0 aliphatic carbocycles.